The molecular formula is C23H32N4OS. The molecule has 6 heteroatoms. The SMILES string of the molecule is Cc1ccsc1CN1CC(c2cn(C(C)C)cn2)C2(CCN(CC3CC3)C2=O)C1. The Balaban J connectivity index is 1.44. The summed E-state index contributed by atoms with van der Waals surface area (Å²) in [5, 5.41) is 2.18. The molecular weight excluding hydrogens is 380 g/mol. The molecule has 0 bridgehead atoms. The molecule has 156 valence electrons. The first kappa shape index (κ1) is 19.3. The third kappa shape index (κ3) is 3.44. The Morgan fingerprint density at radius 1 is 1.34 bits per heavy atom. The number of amides is 1. The van der Waals surface area contributed by atoms with E-state index in [1.54, 1.807) is 0 Å². The van der Waals surface area contributed by atoms with Gasteiger partial charge in [-0.05, 0) is 63.0 Å². The molecule has 0 N–H and O–H groups in total. The van der Waals surface area contributed by atoms with Gasteiger partial charge >= 0.3 is 0 Å². The van der Waals surface area contributed by atoms with Crippen LogP contribution in [-0.4, -0.2) is 51.4 Å². The third-order valence-electron chi connectivity index (χ3n) is 7.24. The second-order valence-electron chi connectivity index (χ2n) is 9.69. The molecule has 3 aliphatic rings. The number of hydrogen-bond acceptors (Lipinski definition) is 4. The third-order valence-corrected chi connectivity index (χ3v) is 8.25. The van der Waals surface area contributed by atoms with Crippen molar-refractivity contribution in [1.82, 2.24) is 19.4 Å². The average molecular weight is 413 g/mol. The van der Waals surface area contributed by atoms with E-state index in [-0.39, 0.29) is 11.3 Å². The largest absolute Gasteiger partial charge is 0.342 e. The number of carbonyl (C=O) groups excluding carboxylic acids is 1. The van der Waals surface area contributed by atoms with E-state index < -0.39 is 0 Å². The predicted octanol–water partition coefficient (Wildman–Crippen LogP) is 4.06. The van der Waals surface area contributed by atoms with Gasteiger partial charge in [-0.1, -0.05) is 0 Å². The Labute approximate surface area is 177 Å². The van der Waals surface area contributed by atoms with Crippen molar-refractivity contribution in [3.8, 4) is 0 Å². The van der Waals surface area contributed by atoms with Crippen molar-refractivity contribution in [3.63, 3.8) is 0 Å². The van der Waals surface area contributed by atoms with Crippen LogP contribution in [0.3, 0.4) is 0 Å². The van der Waals surface area contributed by atoms with E-state index in [1.807, 2.05) is 17.7 Å². The number of hydrogen-bond donors (Lipinski definition) is 0. The van der Waals surface area contributed by atoms with E-state index in [1.165, 1.54) is 23.3 Å². The van der Waals surface area contributed by atoms with Gasteiger partial charge in [0, 0.05) is 55.8 Å². The quantitative estimate of drug-likeness (QED) is 0.718. The number of likely N-dealkylation sites (tertiary alicyclic amines) is 2. The number of thiophene rings is 1. The number of nitrogens with zero attached hydrogens (tertiary/aromatic N) is 4. The molecule has 3 fully saturated rings. The van der Waals surface area contributed by atoms with E-state index in [0.717, 1.165) is 50.8 Å². The zero-order valence-electron chi connectivity index (χ0n) is 17.8. The van der Waals surface area contributed by atoms with Gasteiger partial charge in [0.15, 0.2) is 0 Å². The van der Waals surface area contributed by atoms with Gasteiger partial charge in [-0.2, -0.15) is 0 Å². The van der Waals surface area contributed by atoms with E-state index in [0.29, 0.717) is 11.9 Å². The molecule has 5 nitrogen and oxygen atoms in total. The zero-order chi connectivity index (χ0) is 20.2. The second-order valence-corrected chi connectivity index (χ2v) is 10.7. The lowest BCUT2D eigenvalue weighted by Gasteiger charge is -2.28. The van der Waals surface area contributed by atoms with Crippen LogP contribution < -0.4 is 0 Å². The maximum Gasteiger partial charge on any atom is 0.230 e. The van der Waals surface area contributed by atoms with Crippen LogP contribution in [0.15, 0.2) is 24.0 Å². The first-order valence-electron chi connectivity index (χ1n) is 11.0. The Morgan fingerprint density at radius 3 is 2.83 bits per heavy atom. The standard InChI is InChI=1S/C23H32N4OS/c1-16(2)27-12-20(24-15-27)19-11-25(13-21-17(3)6-9-29-21)14-23(19)7-8-26(22(23)28)10-18-4-5-18/h6,9,12,15-16,18-19H,4-5,7-8,10-11,13-14H2,1-3H3. The zero-order valence-corrected chi connectivity index (χ0v) is 18.6. The summed E-state index contributed by atoms with van der Waals surface area (Å²) in [6, 6.07) is 2.59. The summed E-state index contributed by atoms with van der Waals surface area (Å²) < 4.78 is 2.18. The molecule has 2 aromatic heterocycles. The summed E-state index contributed by atoms with van der Waals surface area (Å²) in [4.78, 5) is 24.6. The molecule has 0 aromatic carbocycles. The molecule has 4 heterocycles. The molecule has 5 rings (SSSR count). The fraction of sp³-hybridized carbons (Fsp3) is 0.652. The molecule has 1 saturated carbocycles. The highest BCUT2D eigenvalue weighted by atomic mass is 32.1. The molecule has 29 heavy (non-hydrogen) atoms. The van der Waals surface area contributed by atoms with Crippen LogP contribution in [-0.2, 0) is 11.3 Å². The van der Waals surface area contributed by atoms with E-state index >= 15 is 0 Å². The first-order chi connectivity index (χ1) is 14.0. The van der Waals surface area contributed by atoms with Crippen molar-refractivity contribution in [2.24, 2.45) is 11.3 Å². The lowest BCUT2D eigenvalue weighted by Crippen LogP contribution is -2.40. The highest BCUT2D eigenvalue weighted by Crippen LogP contribution is 2.50. The predicted molar refractivity (Wildman–Crippen MR) is 116 cm³/mol. The Bertz CT molecular complexity index is 898. The Kier molecular flexibility index (Phi) is 4.82. The highest BCUT2D eigenvalue weighted by molar-refractivity contribution is 7.10. The molecule has 2 atom stereocenters. The van der Waals surface area contributed by atoms with Crippen molar-refractivity contribution in [3.05, 3.63) is 40.1 Å². The number of aromatic nitrogens is 2. The molecule has 1 amide bonds. The van der Waals surface area contributed by atoms with Crippen molar-refractivity contribution >= 4 is 17.2 Å². The van der Waals surface area contributed by atoms with Gasteiger partial charge in [0.2, 0.25) is 5.91 Å². The number of rotatable bonds is 6. The van der Waals surface area contributed by atoms with Gasteiger partial charge in [0.25, 0.3) is 0 Å². The fourth-order valence-corrected chi connectivity index (χ4v) is 6.15. The lowest BCUT2D eigenvalue weighted by atomic mass is 9.75. The van der Waals surface area contributed by atoms with Gasteiger partial charge in [0.05, 0.1) is 17.4 Å². The molecule has 2 aliphatic heterocycles. The summed E-state index contributed by atoms with van der Waals surface area (Å²) in [5.41, 5.74) is 2.17. The highest BCUT2D eigenvalue weighted by Gasteiger charge is 2.58. The molecule has 1 spiro atoms. The minimum absolute atomic E-state index is 0.194. The van der Waals surface area contributed by atoms with Crippen LogP contribution in [0.25, 0.3) is 0 Å². The Morgan fingerprint density at radius 2 is 2.17 bits per heavy atom. The van der Waals surface area contributed by atoms with Gasteiger partial charge in [-0.25, -0.2) is 4.98 Å². The van der Waals surface area contributed by atoms with Crippen LogP contribution in [0.5, 0.6) is 0 Å². The summed E-state index contributed by atoms with van der Waals surface area (Å²) >= 11 is 1.83. The van der Waals surface area contributed by atoms with Crippen molar-refractivity contribution in [2.45, 2.75) is 58.5 Å². The van der Waals surface area contributed by atoms with Crippen LogP contribution in [0.2, 0.25) is 0 Å². The fourth-order valence-electron chi connectivity index (χ4n) is 5.20. The van der Waals surface area contributed by atoms with Crippen LogP contribution in [0, 0.1) is 18.3 Å². The lowest BCUT2D eigenvalue weighted by molar-refractivity contribution is -0.136. The summed E-state index contributed by atoms with van der Waals surface area (Å²) in [6.07, 6.45) is 7.69. The monoisotopic (exact) mass is 412 g/mol. The minimum atomic E-state index is -0.295. The minimum Gasteiger partial charge on any atom is -0.342 e. The first-order valence-corrected chi connectivity index (χ1v) is 11.9. The maximum atomic E-state index is 13.7. The average Bonchev–Trinajstić information content (AvgIpc) is 3.02. The van der Waals surface area contributed by atoms with Gasteiger partial charge in [0.1, 0.15) is 0 Å². The number of aryl methyl sites for hydroxylation is 1. The molecule has 1 aliphatic carbocycles. The topological polar surface area (TPSA) is 41.4 Å². The normalized spacial score (nSPS) is 27.8. The van der Waals surface area contributed by atoms with Gasteiger partial charge < -0.3 is 9.47 Å². The van der Waals surface area contributed by atoms with Crippen LogP contribution in [0.1, 0.15) is 61.2 Å². The van der Waals surface area contributed by atoms with Gasteiger partial charge in [-0.15, -0.1) is 11.3 Å². The van der Waals surface area contributed by atoms with Crippen molar-refractivity contribution in [1.29, 1.82) is 0 Å². The summed E-state index contributed by atoms with van der Waals surface area (Å²) in [5.74, 6) is 1.33. The smallest absolute Gasteiger partial charge is 0.230 e. The number of carbonyl (C=O) groups is 1. The summed E-state index contributed by atoms with van der Waals surface area (Å²) in [6.45, 7) is 11.2. The van der Waals surface area contributed by atoms with Gasteiger partial charge in [-0.3, -0.25) is 9.69 Å². The molecule has 2 unspecified atom stereocenters. The molecule has 2 aromatic rings. The van der Waals surface area contributed by atoms with E-state index in [9.17, 15) is 4.79 Å². The molecule has 2 saturated heterocycles. The van der Waals surface area contributed by atoms with E-state index in [2.05, 4.69) is 52.8 Å². The van der Waals surface area contributed by atoms with Crippen LogP contribution in [0.4, 0.5) is 0 Å². The van der Waals surface area contributed by atoms with Crippen molar-refractivity contribution in [2.75, 3.05) is 26.2 Å². The van der Waals surface area contributed by atoms with Crippen LogP contribution >= 0.6 is 11.3 Å². The second kappa shape index (κ2) is 7.24. The Hall–Kier alpha value is -1.66. The van der Waals surface area contributed by atoms with Crippen molar-refractivity contribution < 1.29 is 4.79 Å². The van der Waals surface area contributed by atoms with E-state index in [4.69, 9.17) is 4.98 Å². The maximum absolute atomic E-state index is 13.7. The molecule has 0 radical (unpaired) electrons. The summed E-state index contributed by atoms with van der Waals surface area (Å²) in [7, 11) is 0. The number of imidazole rings is 1.